The van der Waals surface area contributed by atoms with Crippen molar-refractivity contribution in [2.75, 3.05) is 4.90 Å². The first kappa shape index (κ1) is 33.6. The fourth-order valence-corrected chi connectivity index (χ4v) is 8.66. The molecule has 0 aliphatic heterocycles. The zero-order valence-corrected chi connectivity index (χ0v) is 31.7. The van der Waals surface area contributed by atoms with Gasteiger partial charge in [-0.25, -0.2) is 0 Å². The molecule has 1 heteroatoms. The quantitative estimate of drug-likeness (QED) is 0.159. The molecule has 9 aromatic rings. The van der Waals surface area contributed by atoms with Crippen LogP contribution in [0.15, 0.2) is 212 Å². The molecule has 10 rings (SSSR count). The lowest BCUT2D eigenvalue weighted by molar-refractivity contribution is 0.660. The van der Waals surface area contributed by atoms with E-state index in [4.69, 9.17) is 0 Å². The van der Waals surface area contributed by atoms with E-state index in [1.807, 2.05) is 0 Å². The molecule has 0 atom stereocenters. The summed E-state index contributed by atoms with van der Waals surface area (Å²) in [6.07, 6.45) is 0. The van der Waals surface area contributed by atoms with Crippen LogP contribution in [0.2, 0.25) is 0 Å². The van der Waals surface area contributed by atoms with Gasteiger partial charge in [-0.3, -0.25) is 0 Å². The molecule has 0 saturated heterocycles. The van der Waals surface area contributed by atoms with E-state index >= 15 is 0 Å². The van der Waals surface area contributed by atoms with E-state index in [9.17, 15) is 0 Å². The first-order valence-electron chi connectivity index (χ1n) is 19.5. The van der Waals surface area contributed by atoms with Gasteiger partial charge in [0.05, 0.1) is 5.69 Å². The van der Waals surface area contributed by atoms with Gasteiger partial charge in [-0.1, -0.05) is 190 Å². The minimum absolute atomic E-state index is 0.189. The average molecular weight is 716 g/mol. The Morgan fingerprint density at radius 3 is 1.41 bits per heavy atom. The highest BCUT2D eigenvalue weighted by Crippen LogP contribution is 2.52. The molecule has 0 N–H and O–H groups in total. The van der Waals surface area contributed by atoms with Crippen molar-refractivity contribution in [3.63, 3.8) is 0 Å². The molecular weight excluding hydrogens is 675 g/mol. The molecule has 9 aromatic carbocycles. The first-order valence-corrected chi connectivity index (χ1v) is 19.5. The van der Waals surface area contributed by atoms with E-state index in [0.717, 1.165) is 17.1 Å². The largest absolute Gasteiger partial charge is 0.310 e. The van der Waals surface area contributed by atoms with E-state index in [1.54, 1.807) is 0 Å². The van der Waals surface area contributed by atoms with E-state index < -0.39 is 0 Å². The van der Waals surface area contributed by atoms with E-state index in [-0.39, 0.29) is 5.41 Å². The highest BCUT2D eigenvalue weighted by atomic mass is 15.1. The Bertz CT molecular complexity index is 2850. The molecule has 0 fully saturated rings. The van der Waals surface area contributed by atoms with Crippen LogP contribution in [0.5, 0.6) is 0 Å². The van der Waals surface area contributed by atoms with Crippen LogP contribution >= 0.6 is 0 Å². The monoisotopic (exact) mass is 715 g/mol. The van der Waals surface area contributed by atoms with Crippen LogP contribution in [0.25, 0.3) is 66.4 Å². The maximum absolute atomic E-state index is 2.44. The second kappa shape index (κ2) is 13.7. The van der Waals surface area contributed by atoms with Crippen LogP contribution in [0.4, 0.5) is 17.1 Å². The summed E-state index contributed by atoms with van der Waals surface area (Å²) in [4.78, 5) is 2.44. The molecule has 0 radical (unpaired) electrons. The average Bonchev–Trinajstić information content (AvgIpc) is 3.49. The number of rotatable bonds is 7. The summed E-state index contributed by atoms with van der Waals surface area (Å²) in [6, 6.07) is 77.5. The van der Waals surface area contributed by atoms with Gasteiger partial charge < -0.3 is 4.90 Å². The van der Waals surface area contributed by atoms with Crippen molar-refractivity contribution in [1.29, 1.82) is 0 Å². The first-order chi connectivity index (χ1) is 27.5. The van der Waals surface area contributed by atoms with Gasteiger partial charge in [0.1, 0.15) is 0 Å². The molecule has 0 amide bonds. The van der Waals surface area contributed by atoms with Crippen molar-refractivity contribution >= 4 is 27.8 Å². The molecule has 56 heavy (non-hydrogen) atoms. The summed E-state index contributed by atoms with van der Waals surface area (Å²) in [5.74, 6) is 0. The second-order valence-corrected chi connectivity index (χ2v) is 15.4. The Labute approximate surface area is 329 Å². The van der Waals surface area contributed by atoms with E-state index in [1.165, 1.54) is 77.5 Å². The van der Waals surface area contributed by atoms with E-state index in [0.29, 0.717) is 0 Å². The van der Waals surface area contributed by atoms with Gasteiger partial charge >= 0.3 is 0 Å². The molecule has 0 aromatic heterocycles. The Morgan fingerprint density at radius 1 is 0.304 bits per heavy atom. The Kier molecular flexibility index (Phi) is 8.23. The number of benzene rings is 9. The number of nitrogens with zero attached hydrogens (tertiary/aromatic N) is 1. The van der Waals surface area contributed by atoms with Gasteiger partial charge in [0.2, 0.25) is 0 Å². The number of para-hydroxylation sites is 1. The third kappa shape index (κ3) is 5.90. The maximum Gasteiger partial charge on any atom is 0.0540 e. The van der Waals surface area contributed by atoms with Crippen molar-refractivity contribution in [1.82, 2.24) is 0 Å². The number of hydrogen-bond acceptors (Lipinski definition) is 1. The zero-order valence-electron chi connectivity index (χ0n) is 31.7. The molecular formula is C55H41N. The third-order valence-corrected chi connectivity index (χ3v) is 11.7. The lowest BCUT2D eigenvalue weighted by Crippen LogP contribution is -2.17. The van der Waals surface area contributed by atoms with Crippen molar-refractivity contribution in [3.8, 4) is 55.6 Å². The molecule has 1 aliphatic carbocycles. The molecule has 0 bridgehead atoms. The SMILES string of the molecule is CC1(C)c2cc(-c3ccc(-c4ccc(-c5ccccc5)cc4)cc3)ccc2-c2ccc(N(c3ccc4ccccc4c3)c3ccccc3-c3ccccc3)cc21. The normalized spacial score (nSPS) is 12.6. The second-order valence-electron chi connectivity index (χ2n) is 15.4. The Balaban J connectivity index is 1.01. The molecule has 266 valence electrons. The van der Waals surface area contributed by atoms with Crippen molar-refractivity contribution in [3.05, 3.63) is 223 Å². The minimum Gasteiger partial charge on any atom is -0.310 e. The van der Waals surface area contributed by atoms with Crippen molar-refractivity contribution in [2.24, 2.45) is 0 Å². The van der Waals surface area contributed by atoms with Gasteiger partial charge in [-0.15, -0.1) is 0 Å². The van der Waals surface area contributed by atoms with Gasteiger partial charge in [0.15, 0.2) is 0 Å². The lowest BCUT2D eigenvalue weighted by Gasteiger charge is -2.30. The topological polar surface area (TPSA) is 3.24 Å². The van der Waals surface area contributed by atoms with Crippen LogP contribution in [-0.2, 0) is 5.41 Å². The van der Waals surface area contributed by atoms with Crippen LogP contribution in [0.1, 0.15) is 25.0 Å². The van der Waals surface area contributed by atoms with Gasteiger partial charge in [-0.05, 0) is 108 Å². The summed E-state index contributed by atoms with van der Waals surface area (Å²) >= 11 is 0. The van der Waals surface area contributed by atoms with Gasteiger partial charge in [0, 0.05) is 22.4 Å². The number of hydrogen-bond donors (Lipinski definition) is 0. The molecule has 1 nitrogen and oxygen atoms in total. The van der Waals surface area contributed by atoms with Gasteiger partial charge in [-0.2, -0.15) is 0 Å². The highest BCUT2D eigenvalue weighted by Gasteiger charge is 2.36. The summed E-state index contributed by atoms with van der Waals surface area (Å²) in [6.45, 7) is 4.76. The zero-order chi connectivity index (χ0) is 37.6. The fourth-order valence-electron chi connectivity index (χ4n) is 8.66. The predicted octanol–water partition coefficient (Wildman–Crippen LogP) is 15.3. The van der Waals surface area contributed by atoms with Gasteiger partial charge in [0.25, 0.3) is 0 Å². The highest BCUT2D eigenvalue weighted by molar-refractivity contribution is 5.94. The Hall–Kier alpha value is -6.96. The van der Waals surface area contributed by atoms with E-state index in [2.05, 4.69) is 231 Å². The maximum atomic E-state index is 2.44. The molecule has 0 unspecified atom stereocenters. The molecule has 1 aliphatic rings. The van der Waals surface area contributed by atoms with Crippen molar-refractivity contribution in [2.45, 2.75) is 19.3 Å². The van der Waals surface area contributed by atoms with Crippen LogP contribution in [0.3, 0.4) is 0 Å². The molecule has 0 spiro atoms. The predicted molar refractivity (Wildman–Crippen MR) is 238 cm³/mol. The number of fused-ring (bicyclic) bond motifs is 4. The lowest BCUT2D eigenvalue weighted by atomic mass is 9.81. The van der Waals surface area contributed by atoms with Crippen LogP contribution in [-0.4, -0.2) is 0 Å². The summed E-state index contributed by atoms with van der Waals surface area (Å²) in [5, 5.41) is 2.46. The minimum atomic E-state index is -0.189. The summed E-state index contributed by atoms with van der Waals surface area (Å²) in [7, 11) is 0. The fraction of sp³-hybridized carbons (Fsp3) is 0.0545. The van der Waals surface area contributed by atoms with Crippen LogP contribution < -0.4 is 4.90 Å². The standard InChI is InChI=1S/C55H41N/c1-55(2)52-36-46(43-27-25-42(26-28-43)41-23-21-40(22-24-41)38-13-5-3-6-14-38)30-33-50(52)51-34-32-48(37-53(51)55)56(47-31-29-39-15-9-10-18-45(39)35-47)54-20-12-11-19-49(54)44-16-7-4-8-17-44/h3-37H,1-2H3. The van der Waals surface area contributed by atoms with Crippen molar-refractivity contribution < 1.29 is 0 Å². The molecule has 0 saturated carbocycles. The summed E-state index contributed by atoms with van der Waals surface area (Å²) in [5.41, 5.74) is 18.4. The Morgan fingerprint density at radius 2 is 0.750 bits per heavy atom. The summed E-state index contributed by atoms with van der Waals surface area (Å²) < 4.78 is 0. The van der Waals surface area contributed by atoms with Crippen LogP contribution in [0, 0.1) is 0 Å². The smallest absolute Gasteiger partial charge is 0.0540 e. The number of anilines is 3. The third-order valence-electron chi connectivity index (χ3n) is 11.7. The molecule has 0 heterocycles.